The topological polar surface area (TPSA) is 75.7 Å². The van der Waals surface area contributed by atoms with Gasteiger partial charge in [-0.05, 0) is 35.9 Å². The van der Waals surface area contributed by atoms with E-state index in [4.69, 9.17) is 11.6 Å². The van der Waals surface area contributed by atoms with Crippen LogP contribution in [0.25, 0.3) is 0 Å². The van der Waals surface area contributed by atoms with Gasteiger partial charge in [-0.3, -0.25) is 19.3 Å². The molecule has 0 aliphatic carbocycles. The van der Waals surface area contributed by atoms with E-state index in [0.29, 0.717) is 11.3 Å². The van der Waals surface area contributed by atoms with E-state index in [-0.39, 0.29) is 42.0 Å². The Labute approximate surface area is 164 Å². The van der Waals surface area contributed by atoms with Crippen LogP contribution in [0.15, 0.2) is 42.5 Å². The summed E-state index contributed by atoms with van der Waals surface area (Å²) >= 11 is 5.86. The Bertz CT molecular complexity index is 903. The molecule has 3 amide bonds. The molecule has 0 unspecified atom stereocenters. The molecular formula is C19H15ClF2N2O4. The van der Waals surface area contributed by atoms with Gasteiger partial charge in [-0.1, -0.05) is 23.7 Å². The van der Waals surface area contributed by atoms with Gasteiger partial charge in [0, 0.05) is 24.1 Å². The maximum Gasteiger partial charge on any atom is 0.387 e. The van der Waals surface area contributed by atoms with Gasteiger partial charge in [0.1, 0.15) is 5.75 Å². The van der Waals surface area contributed by atoms with Crippen LogP contribution in [0.3, 0.4) is 0 Å². The Morgan fingerprint density at radius 1 is 1.11 bits per heavy atom. The Hall–Kier alpha value is -3.00. The lowest BCUT2D eigenvalue weighted by Gasteiger charge is -2.14. The van der Waals surface area contributed by atoms with Crippen LogP contribution < -0.4 is 10.1 Å². The number of imide groups is 1. The van der Waals surface area contributed by atoms with Gasteiger partial charge >= 0.3 is 6.61 Å². The summed E-state index contributed by atoms with van der Waals surface area (Å²) in [5, 5.41) is 2.54. The van der Waals surface area contributed by atoms with Gasteiger partial charge in [-0.2, -0.15) is 8.78 Å². The predicted octanol–water partition coefficient (Wildman–Crippen LogP) is 3.84. The fourth-order valence-corrected chi connectivity index (χ4v) is 2.94. The average molecular weight is 409 g/mol. The normalized spacial score (nSPS) is 13.9. The molecule has 0 bridgehead atoms. The van der Waals surface area contributed by atoms with E-state index < -0.39 is 12.5 Å². The first kappa shape index (κ1) is 19.8. The van der Waals surface area contributed by atoms with Crippen molar-refractivity contribution in [1.82, 2.24) is 4.90 Å². The van der Waals surface area contributed by atoms with Crippen molar-refractivity contribution in [2.45, 2.75) is 26.0 Å². The summed E-state index contributed by atoms with van der Waals surface area (Å²) in [6, 6.07) is 10.4. The lowest BCUT2D eigenvalue weighted by molar-refractivity contribution is -0.139. The monoisotopic (exact) mass is 408 g/mol. The Kier molecular flexibility index (Phi) is 5.89. The second-order valence-corrected chi connectivity index (χ2v) is 6.46. The number of anilines is 1. The first-order valence-electron chi connectivity index (χ1n) is 8.31. The molecule has 0 aromatic heterocycles. The Morgan fingerprint density at radius 2 is 1.75 bits per heavy atom. The highest BCUT2D eigenvalue weighted by Gasteiger charge is 2.28. The summed E-state index contributed by atoms with van der Waals surface area (Å²) in [6.07, 6.45) is 0.450. The molecule has 0 spiro atoms. The summed E-state index contributed by atoms with van der Waals surface area (Å²) in [4.78, 5) is 36.8. The van der Waals surface area contributed by atoms with E-state index in [2.05, 4.69) is 10.1 Å². The number of rotatable bonds is 6. The van der Waals surface area contributed by atoms with E-state index in [0.717, 1.165) is 5.56 Å². The van der Waals surface area contributed by atoms with E-state index in [1.165, 1.54) is 23.1 Å². The van der Waals surface area contributed by atoms with Crippen LogP contribution in [0, 0.1) is 0 Å². The van der Waals surface area contributed by atoms with Crippen molar-refractivity contribution >= 4 is 35.0 Å². The molecule has 1 aliphatic rings. The van der Waals surface area contributed by atoms with Crippen LogP contribution in [0.5, 0.6) is 5.75 Å². The van der Waals surface area contributed by atoms with E-state index >= 15 is 0 Å². The van der Waals surface area contributed by atoms with Crippen molar-refractivity contribution in [1.29, 1.82) is 0 Å². The molecule has 2 aromatic rings. The number of likely N-dealkylation sites (tertiary alicyclic amines) is 1. The van der Waals surface area contributed by atoms with Gasteiger partial charge in [0.2, 0.25) is 11.8 Å². The minimum Gasteiger partial charge on any atom is -0.433 e. The van der Waals surface area contributed by atoms with Gasteiger partial charge in [0.25, 0.3) is 5.91 Å². The Balaban J connectivity index is 1.64. The van der Waals surface area contributed by atoms with Crippen LogP contribution in [-0.2, 0) is 16.1 Å². The first-order chi connectivity index (χ1) is 13.3. The largest absolute Gasteiger partial charge is 0.433 e. The van der Waals surface area contributed by atoms with E-state index in [1.807, 2.05) is 0 Å². The number of ether oxygens (including phenoxy) is 1. The molecule has 6 nitrogen and oxygen atoms in total. The molecule has 0 radical (unpaired) electrons. The lowest BCUT2D eigenvalue weighted by Crippen LogP contribution is -2.28. The third-order valence-electron chi connectivity index (χ3n) is 4.12. The Morgan fingerprint density at radius 3 is 2.32 bits per heavy atom. The minimum atomic E-state index is -3.00. The van der Waals surface area contributed by atoms with E-state index in [1.54, 1.807) is 24.3 Å². The number of nitrogens with zero attached hydrogens (tertiary/aromatic N) is 1. The number of amides is 3. The van der Waals surface area contributed by atoms with Crippen molar-refractivity contribution < 1.29 is 27.9 Å². The zero-order chi connectivity index (χ0) is 20.3. The van der Waals surface area contributed by atoms with Gasteiger partial charge in [-0.15, -0.1) is 0 Å². The molecule has 1 heterocycles. The van der Waals surface area contributed by atoms with Crippen molar-refractivity contribution in [3.63, 3.8) is 0 Å². The fraction of sp³-hybridized carbons (Fsp3) is 0.211. The van der Waals surface area contributed by atoms with Crippen LogP contribution in [0.1, 0.15) is 28.8 Å². The first-order valence-corrected chi connectivity index (χ1v) is 8.69. The van der Waals surface area contributed by atoms with Gasteiger partial charge in [-0.25, -0.2) is 0 Å². The molecular weight excluding hydrogens is 394 g/mol. The third-order valence-corrected chi connectivity index (χ3v) is 4.41. The fourth-order valence-electron chi connectivity index (χ4n) is 2.72. The number of halogens is 3. The van der Waals surface area contributed by atoms with Gasteiger partial charge in [0.05, 0.1) is 11.6 Å². The molecule has 0 saturated carbocycles. The summed E-state index contributed by atoms with van der Waals surface area (Å²) in [5.41, 5.74) is 1.37. The summed E-state index contributed by atoms with van der Waals surface area (Å²) < 4.78 is 28.7. The molecule has 2 aromatic carbocycles. The molecule has 146 valence electrons. The molecule has 28 heavy (non-hydrogen) atoms. The number of carbonyl (C=O) groups is 3. The second-order valence-electron chi connectivity index (χ2n) is 6.05. The highest BCUT2D eigenvalue weighted by Crippen LogP contribution is 2.29. The lowest BCUT2D eigenvalue weighted by atomic mass is 10.1. The maximum atomic E-state index is 12.3. The minimum absolute atomic E-state index is 0.0617. The maximum absolute atomic E-state index is 12.3. The molecule has 1 aliphatic heterocycles. The van der Waals surface area contributed by atoms with Crippen molar-refractivity contribution in [3.05, 3.63) is 58.6 Å². The second kappa shape index (κ2) is 8.35. The van der Waals surface area contributed by atoms with E-state index in [9.17, 15) is 23.2 Å². The average Bonchev–Trinajstić information content (AvgIpc) is 2.96. The standard InChI is InChI=1S/C19H15ClF2N2O4/c20-14-9-13(5-6-15(14)28-19(21)22)23-18(27)12-3-1-11(2-4-12)10-24-16(25)7-8-17(24)26/h1-6,9,19H,7-8,10H2,(H,23,27). The van der Waals surface area contributed by atoms with Crippen LogP contribution >= 0.6 is 11.6 Å². The zero-order valence-corrected chi connectivity index (χ0v) is 15.2. The summed E-state index contributed by atoms with van der Waals surface area (Å²) in [7, 11) is 0. The van der Waals surface area contributed by atoms with Crippen molar-refractivity contribution in [2.24, 2.45) is 0 Å². The SMILES string of the molecule is O=C(Nc1ccc(OC(F)F)c(Cl)c1)c1ccc(CN2C(=O)CCC2=O)cc1. The number of hydrogen-bond acceptors (Lipinski definition) is 4. The summed E-state index contributed by atoms with van der Waals surface area (Å²) in [6.45, 7) is -2.83. The molecule has 1 N–H and O–H groups in total. The number of nitrogens with one attached hydrogen (secondary N) is 1. The predicted molar refractivity (Wildman–Crippen MR) is 97.3 cm³/mol. The van der Waals surface area contributed by atoms with Crippen LogP contribution in [0.4, 0.5) is 14.5 Å². The third kappa shape index (κ3) is 4.64. The number of carbonyl (C=O) groups excluding carboxylic acids is 3. The zero-order valence-electron chi connectivity index (χ0n) is 14.5. The molecule has 1 fully saturated rings. The number of hydrogen-bond donors (Lipinski definition) is 1. The van der Waals surface area contributed by atoms with Crippen LogP contribution in [-0.4, -0.2) is 29.2 Å². The number of alkyl halides is 2. The molecule has 0 atom stereocenters. The van der Waals surface area contributed by atoms with Crippen molar-refractivity contribution in [2.75, 3.05) is 5.32 Å². The van der Waals surface area contributed by atoms with Crippen LogP contribution in [0.2, 0.25) is 5.02 Å². The quantitative estimate of drug-likeness (QED) is 0.737. The smallest absolute Gasteiger partial charge is 0.387 e. The van der Waals surface area contributed by atoms with Gasteiger partial charge in [0.15, 0.2) is 0 Å². The highest BCUT2D eigenvalue weighted by molar-refractivity contribution is 6.32. The molecule has 9 heteroatoms. The highest BCUT2D eigenvalue weighted by atomic mass is 35.5. The molecule has 3 rings (SSSR count). The molecule has 1 saturated heterocycles. The van der Waals surface area contributed by atoms with Gasteiger partial charge < -0.3 is 10.1 Å². The van der Waals surface area contributed by atoms with Crippen molar-refractivity contribution in [3.8, 4) is 5.75 Å². The summed E-state index contributed by atoms with van der Waals surface area (Å²) in [5.74, 6) is -1.03. The number of benzene rings is 2.